The summed E-state index contributed by atoms with van der Waals surface area (Å²) in [4.78, 5) is 11.9. The van der Waals surface area contributed by atoms with Gasteiger partial charge in [0.15, 0.2) is 5.69 Å². The SMILES string of the molecule is CC(=NO)c1cccc(NC(=O)c2cc(C)on2)c1. The average molecular weight is 259 g/mol. The fourth-order valence-electron chi connectivity index (χ4n) is 1.55. The van der Waals surface area contributed by atoms with Gasteiger partial charge in [0.2, 0.25) is 0 Å². The number of nitrogens with zero attached hydrogens (tertiary/aromatic N) is 2. The predicted molar refractivity (Wildman–Crippen MR) is 69.6 cm³/mol. The first-order valence-corrected chi connectivity index (χ1v) is 5.64. The van der Waals surface area contributed by atoms with Crippen molar-refractivity contribution in [1.29, 1.82) is 0 Å². The Morgan fingerprint density at radius 2 is 2.21 bits per heavy atom. The van der Waals surface area contributed by atoms with Crippen LogP contribution < -0.4 is 5.32 Å². The Labute approximate surface area is 109 Å². The highest BCUT2D eigenvalue weighted by Gasteiger charge is 2.11. The van der Waals surface area contributed by atoms with Gasteiger partial charge < -0.3 is 15.0 Å². The average Bonchev–Trinajstić information content (AvgIpc) is 2.85. The fourth-order valence-corrected chi connectivity index (χ4v) is 1.55. The molecule has 0 atom stereocenters. The van der Waals surface area contributed by atoms with Gasteiger partial charge in [-0.15, -0.1) is 0 Å². The van der Waals surface area contributed by atoms with E-state index in [-0.39, 0.29) is 11.6 Å². The lowest BCUT2D eigenvalue weighted by Crippen LogP contribution is -2.12. The molecule has 1 aromatic heterocycles. The quantitative estimate of drug-likeness (QED) is 0.503. The van der Waals surface area contributed by atoms with Crippen molar-refractivity contribution in [2.45, 2.75) is 13.8 Å². The second-order valence-corrected chi connectivity index (χ2v) is 4.04. The van der Waals surface area contributed by atoms with Gasteiger partial charge >= 0.3 is 0 Å². The molecule has 0 saturated carbocycles. The van der Waals surface area contributed by atoms with Crippen LogP contribution in [0.3, 0.4) is 0 Å². The number of hydrogen-bond donors (Lipinski definition) is 2. The molecule has 1 heterocycles. The molecule has 0 fully saturated rings. The maximum absolute atomic E-state index is 11.9. The van der Waals surface area contributed by atoms with Gasteiger partial charge in [0, 0.05) is 17.3 Å². The highest BCUT2D eigenvalue weighted by molar-refractivity contribution is 6.04. The van der Waals surface area contributed by atoms with E-state index in [1.807, 2.05) is 0 Å². The van der Waals surface area contributed by atoms with Crippen LogP contribution in [-0.2, 0) is 0 Å². The summed E-state index contributed by atoms with van der Waals surface area (Å²) in [6.07, 6.45) is 0. The molecule has 1 aromatic carbocycles. The molecule has 98 valence electrons. The first kappa shape index (κ1) is 12.8. The molecular formula is C13H13N3O3. The van der Waals surface area contributed by atoms with E-state index in [1.54, 1.807) is 44.2 Å². The van der Waals surface area contributed by atoms with E-state index in [2.05, 4.69) is 15.6 Å². The van der Waals surface area contributed by atoms with Crippen molar-refractivity contribution in [2.75, 3.05) is 5.32 Å². The third-order valence-electron chi connectivity index (χ3n) is 2.55. The lowest BCUT2D eigenvalue weighted by Gasteiger charge is -2.05. The molecule has 2 aromatic rings. The number of anilines is 1. The number of carbonyl (C=O) groups is 1. The molecule has 0 aliphatic rings. The van der Waals surface area contributed by atoms with Crippen molar-refractivity contribution in [1.82, 2.24) is 5.16 Å². The Morgan fingerprint density at radius 1 is 1.42 bits per heavy atom. The number of oxime groups is 1. The Morgan fingerprint density at radius 3 is 2.84 bits per heavy atom. The Balaban J connectivity index is 2.17. The fraction of sp³-hybridized carbons (Fsp3) is 0.154. The van der Waals surface area contributed by atoms with Crippen molar-refractivity contribution >= 4 is 17.3 Å². The van der Waals surface area contributed by atoms with Crippen LogP contribution in [0, 0.1) is 6.92 Å². The topological polar surface area (TPSA) is 87.7 Å². The van der Waals surface area contributed by atoms with Crippen molar-refractivity contribution in [3.05, 3.63) is 47.3 Å². The van der Waals surface area contributed by atoms with Gasteiger partial charge in [0.1, 0.15) is 5.76 Å². The summed E-state index contributed by atoms with van der Waals surface area (Å²) in [5.41, 5.74) is 1.99. The third-order valence-corrected chi connectivity index (χ3v) is 2.55. The van der Waals surface area contributed by atoms with E-state index >= 15 is 0 Å². The zero-order chi connectivity index (χ0) is 13.8. The molecule has 0 radical (unpaired) electrons. The standard InChI is InChI=1S/C13H13N3O3/c1-8-6-12(16-19-8)13(17)14-11-5-3-4-10(7-11)9(2)15-18/h3-7,18H,1-2H3,(H,14,17). The van der Waals surface area contributed by atoms with Gasteiger partial charge in [-0.2, -0.15) is 0 Å². The maximum atomic E-state index is 11.9. The summed E-state index contributed by atoms with van der Waals surface area (Å²) in [5, 5.41) is 18.2. The second kappa shape index (κ2) is 5.34. The number of benzene rings is 1. The van der Waals surface area contributed by atoms with E-state index in [1.165, 1.54) is 0 Å². The number of aryl methyl sites for hydroxylation is 1. The lowest BCUT2D eigenvalue weighted by atomic mass is 10.1. The summed E-state index contributed by atoms with van der Waals surface area (Å²) in [5.74, 6) is 0.217. The zero-order valence-electron chi connectivity index (χ0n) is 10.5. The molecule has 0 aliphatic carbocycles. The maximum Gasteiger partial charge on any atom is 0.277 e. The van der Waals surface area contributed by atoms with Crippen LogP contribution in [0.15, 0.2) is 40.0 Å². The number of rotatable bonds is 3. The summed E-state index contributed by atoms with van der Waals surface area (Å²) in [7, 11) is 0. The Bertz CT molecular complexity index is 632. The molecule has 6 heteroatoms. The summed E-state index contributed by atoms with van der Waals surface area (Å²) < 4.78 is 4.84. The van der Waals surface area contributed by atoms with Crippen molar-refractivity contribution in [2.24, 2.45) is 5.16 Å². The summed E-state index contributed by atoms with van der Waals surface area (Å²) in [6, 6.07) is 8.54. The van der Waals surface area contributed by atoms with E-state index in [0.717, 1.165) is 5.56 Å². The van der Waals surface area contributed by atoms with Crippen LogP contribution in [0.2, 0.25) is 0 Å². The molecule has 19 heavy (non-hydrogen) atoms. The number of hydrogen-bond acceptors (Lipinski definition) is 5. The molecule has 0 bridgehead atoms. The summed E-state index contributed by atoms with van der Waals surface area (Å²) in [6.45, 7) is 3.38. The molecule has 2 rings (SSSR count). The van der Waals surface area contributed by atoms with Crippen LogP contribution in [0.5, 0.6) is 0 Å². The van der Waals surface area contributed by atoms with Gasteiger partial charge in [-0.05, 0) is 26.0 Å². The molecule has 0 saturated heterocycles. The molecule has 0 aliphatic heterocycles. The third kappa shape index (κ3) is 2.98. The number of carbonyl (C=O) groups excluding carboxylic acids is 1. The first-order valence-electron chi connectivity index (χ1n) is 5.64. The smallest absolute Gasteiger partial charge is 0.277 e. The summed E-state index contributed by atoms with van der Waals surface area (Å²) >= 11 is 0. The van der Waals surface area contributed by atoms with Crippen LogP contribution in [0.25, 0.3) is 0 Å². The van der Waals surface area contributed by atoms with E-state index < -0.39 is 0 Å². The van der Waals surface area contributed by atoms with Gasteiger partial charge in [-0.1, -0.05) is 22.4 Å². The van der Waals surface area contributed by atoms with Gasteiger partial charge in [-0.25, -0.2) is 0 Å². The molecule has 6 nitrogen and oxygen atoms in total. The molecular weight excluding hydrogens is 246 g/mol. The van der Waals surface area contributed by atoms with Gasteiger partial charge in [0.25, 0.3) is 5.91 Å². The molecule has 2 N–H and O–H groups in total. The van der Waals surface area contributed by atoms with Crippen LogP contribution in [0.1, 0.15) is 28.7 Å². The van der Waals surface area contributed by atoms with E-state index in [0.29, 0.717) is 17.2 Å². The number of nitrogens with one attached hydrogen (secondary N) is 1. The van der Waals surface area contributed by atoms with Crippen molar-refractivity contribution in [3.8, 4) is 0 Å². The highest BCUT2D eigenvalue weighted by atomic mass is 16.5. The number of amides is 1. The minimum atomic E-state index is -0.354. The van der Waals surface area contributed by atoms with E-state index in [9.17, 15) is 4.79 Å². The minimum Gasteiger partial charge on any atom is -0.411 e. The lowest BCUT2D eigenvalue weighted by molar-refractivity contribution is 0.101. The van der Waals surface area contributed by atoms with Gasteiger partial charge in [0.05, 0.1) is 5.71 Å². The normalized spacial score (nSPS) is 11.4. The monoisotopic (exact) mass is 259 g/mol. The second-order valence-electron chi connectivity index (χ2n) is 4.04. The van der Waals surface area contributed by atoms with Crippen LogP contribution >= 0.6 is 0 Å². The van der Waals surface area contributed by atoms with Gasteiger partial charge in [-0.3, -0.25) is 4.79 Å². The molecule has 1 amide bonds. The zero-order valence-corrected chi connectivity index (χ0v) is 10.5. The molecule has 0 spiro atoms. The minimum absolute atomic E-state index is 0.218. The molecule has 0 unspecified atom stereocenters. The highest BCUT2D eigenvalue weighted by Crippen LogP contribution is 2.13. The van der Waals surface area contributed by atoms with Crippen LogP contribution in [0.4, 0.5) is 5.69 Å². The van der Waals surface area contributed by atoms with Crippen molar-refractivity contribution < 1.29 is 14.5 Å². The van der Waals surface area contributed by atoms with Crippen LogP contribution in [-0.4, -0.2) is 22.0 Å². The first-order chi connectivity index (χ1) is 9.10. The number of aromatic nitrogens is 1. The predicted octanol–water partition coefficient (Wildman–Crippen LogP) is 2.43. The Hall–Kier alpha value is -2.63. The van der Waals surface area contributed by atoms with Crippen molar-refractivity contribution in [3.63, 3.8) is 0 Å². The van der Waals surface area contributed by atoms with E-state index in [4.69, 9.17) is 9.73 Å². The largest absolute Gasteiger partial charge is 0.411 e. The Kier molecular flexibility index (Phi) is 3.61.